The zero-order chi connectivity index (χ0) is 8.69. The fourth-order valence-corrected chi connectivity index (χ4v) is 1.42. The first-order valence-corrected chi connectivity index (χ1v) is 4.55. The molecule has 0 saturated carbocycles. The molecule has 2 atom stereocenters. The van der Waals surface area contributed by atoms with Crippen molar-refractivity contribution < 1.29 is 0 Å². The molecule has 0 aromatic carbocycles. The fourth-order valence-electron chi connectivity index (χ4n) is 1.42. The van der Waals surface area contributed by atoms with Crippen molar-refractivity contribution in [2.45, 2.75) is 39.7 Å². The van der Waals surface area contributed by atoms with Gasteiger partial charge < -0.3 is 5.32 Å². The van der Waals surface area contributed by atoms with Crippen molar-refractivity contribution in [3.8, 4) is 0 Å². The number of allylic oxidation sites excluding steroid dienone is 1. The van der Waals surface area contributed by atoms with E-state index in [1.54, 1.807) is 0 Å². The minimum absolute atomic E-state index is 0.648. The third kappa shape index (κ3) is 6.11. The Morgan fingerprint density at radius 2 is 2.09 bits per heavy atom. The second-order valence-corrected chi connectivity index (χ2v) is 3.32. The van der Waals surface area contributed by atoms with Gasteiger partial charge in [0.1, 0.15) is 0 Å². The Bertz CT molecular complexity index is 99.0. The molecule has 0 bridgehead atoms. The number of rotatable bonds is 6. The van der Waals surface area contributed by atoms with E-state index < -0.39 is 0 Å². The Balaban J connectivity index is 3.39. The van der Waals surface area contributed by atoms with Gasteiger partial charge in [0.15, 0.2) is 0 Å². The van der Waals surface area contributed by atoms with Gasteiger partial charge in [-0.1, -0.05) is 19.9 Å². The van der Waals surface area contributed by atoms with E-state index in [9.17, 15) is 0 Å². The van der Waals surface area contributed by atoms with E-state index >= 15 is 0 Å². The Kier molecular flexibility index (Phi) is 6.24. The van der Waals surface area contributed by atoms with Crippen molar-refractivity contribution in [1.29, 1.82) is 0 Å². The Morgan fingerprint density at radius 3 is 2.55 bits per heavy atom. The molecule has 0 spiro atoms. The maximum absolute atomic E-state index is 3.73. The standard InChI is InChI=1S/C10H21N/c1-5-7-9(3)8-10(4)11-6-2/h5,9-11H,1,6-8H2,2-4H3. The molecule has 0 amide bonds. The maximum atomic E-state index is 3.73. The molecular formula is C10H21N. The van der Waals surface area contributed by atoms with E-state index in [0.717, 1.165) is 18.9 Å². The van der Waals surface area contributed by atoms with E-state index in [1.807, 2.05) is 6.08 Å². The van der Waals surface area contributed by atoms with Gasteiger partial charge in [-0.15, -0.1) is 6.58 Å². The molecule has 0 rings (SSSR count). The molecule has 0 radical (unpaired) electrons. The molecule has 0 heterocycles. The van der Waals surface area contributed by atoms with Gasteiger partial charge in [-0.05, 0) is 32.2 Å². The lowest BCUT2D eigenvalue weighted by Crippen LogP contribution is -2.27. The highest BCUT2D eigenvalue weighted by atomic mass is 14.9. The van der Waals surface area contributed by atoms with Crippen LogP contribution in [0.1, 0.15) is 33.6 Å². The van der Waals surface area contributed by atoms with E-state index in [4.69, 9.17) is 0 Å². The SMILES string of the molecule is C=CCC(C)CC(C)NCC. The van der Waals surface area contributed by atoms with E-state index in [-0.39, 0.29) is 0 Å². The van der Waals surface area contributed by atoms with Crippen LogP contribution in [0.4, 0.5) is 0 Å². The van der Waals surface area contributed by atoms with Crippen LogP contribution in [0.25, 0.3) is 0 Å². The third-order valence-electron chi connectivity index (χ3n) is 1.88. The minimum Gasteiger partial charge on any atom is -0.315 e. The van der Waals surface area contributed by atoms with Crippen molar-refractivity contribution in [1.82, 2.24) is 5.32 Å². The van der Waals surface area contributed by atoms with Crippen molar-refractivity contribution in [3.63, 3.8) is 0 Å². The largest absolute Gasteiger partial charge is 0.315 e. The molecular weight excluding hydrogens is 134 g/mol. The molecule has 0 aliphatic heterocycles. The zero-order valence-electron chi connectivity index (χ0n) is 8.06. The summed E-state index contributed by atoms with van der Waals surface area (Å²) in [6.45, 7) is 11.5. The van der Waals surface area contributed by atoms with Crippen LogP contribution < -0.4 is 5.32 Å². The summed E-state index contributed by atoms with van der Waals surface area (Å²) in [5.74, 6) is 0.765. The molecule has 0 aromatic heterocycles. The summed E-state index contributed by atoms with van der Waals surface area (Å²) < 4.78 is 0. The lowest BCUT2D eigenvalue weighted by Gasteiger charge is -2.16. The second kappa shape index (κ2) is 6.41. The molecule has 1 nitrogen and oxygen atoms in total. The Hall–Kier alpha value is -0.300. The normalized spacial score (nSPS) is 15.9. The van der Waals surface area contributed by atoms with E-state index in [2.05, 4.69) is 32.7 Å². The fraction of sp³-hybridized carbons (Fsp3) is 0.800. The van der Waals surface area contributed by atoms with Crippen molar-refractivity contribution in [3.05, 3.63) is 12.7 Å². The molecule has 11 heavy (non-hydrogen) atoms. The molecule has 0 aliphatic rings. The molecule has 0 fully saturated rings. The highest BCUT2D eigenvalue weighted by Crippen LogP contribution is 2.10. The summed E-state index contributed by atoms with van der Waals surface area (Å²) in [5.41, 5.74) is 0. The first kappa shape index (κ1) is 10.7. The summed E-state index contributed by atoms with van der Waals surface area (Å²) in [5, 5.41) is 3.40. The molecule has 66 valence electrons. The third-order valence-corrected chi connectivity index (χ3v) is 1.88. The van der Waals surface area contributed by atoms with Gasteiger partial charge in [-0.3, -0.25) is 0 Å². The van der Waals surface area contributed by atoms with Crippen molar-refractivity contribution in [2.75, 3.05) is 6.54 Å². The topological polar surface area (TPSA) is 12.0 Å². The van der Waals surface area contributed by atoms with Crippen LogP contribution in [0, 0.1) is 5.92 Å². The van der Waals surface area contributed by atoms with Crippen LogP contribution in [-0.4, -0.2) is 12.6 Å². The maximum Gasteiger partial charge on any atom is 0.00412 e. The first-order chi connectivity index (χ1) is 5.20. The van der Waals surface area contributed by atoms with Gasteiger partial charge in [0.25, 0.3) is 0 Å². The summed E-state index contributed by atoms with van der Waals surface area (Å²) in [4.78, 5) is 0. The summed E-state index contributed by atoms with van der Waals surface area (Å²) in [6.07, 6.45) is 4.39. The van der Waals surface area contributed by atoms with Gasteiger partial charge in [-0.25, -0.2) is 0 Å². The Labute approximate surface area is 70.9 Å². The van der Waals surface area contributed by atoms with Crippen LogP contribution in [0.2, 0.25) is 0 Å². The smallest absolute Gasteiger partial charge is 0.00412 e. The van der Waals surface area contributed by atoms with Gasteiger partial charge in [-0.2, -0.15) is 0 Å². The second-order valence-electron chi connectivity index (χ2n) is 3.32. The number of nitrogens with one attached hydrogen (secondary N) is 1. The number of hydrogen-bond donors (Lipinski definition) is 1. The highest BCUT2D eigenvalue weighted by Gasteiger charge is 2.04. The Morgan fingerprint density at radius 1 is 1.45 bits per heavy atom. The highest BCUT2D eigenvalue weighted by molar-refractivity contribution is 4.73. The van der Waals surface area contributed by atoms with Crippen LogP contribution in [0.5, 0.6) is 0 Å². The van der Waals surface area contributed by atoms with Gasteiger partial charge in [0.2, 0.25) is 0 Å². The van der Waals surface area contributed by atoms with Gasteiger partial charge in [0, 0.05) is 6.04 Å². The summed E-state index contributed by atoms with van der Waals surface area (Å²) in [7, 11) is 0. The summed E-state index contributed by atoms with van der Waals surface area (Å²) >= 11 is 0. The minimum atomic E-state index is 0.648. The average Bonchev–Trinajstić information content (AvgIpc) is 1.87. The van der Waals surface area contributed by atoms with Crippen molar-refractivity contribution in [2.24, 2.45) is 5.92 Å². The predicted octanol–water partition coefficient (Wildman–Crippen LogP) is 2.59. The van der Waals surface area contributed by atoms with Gasteiger partial charge >= 0.3 is 0 Å². The quantitative estimate of drug-likeness (QED) is 0.581. The van der Waals surface area contributed by atoms with Crippen LogP contribution in [-0.2, 0) is 0 Å². The lowest BCUT2D eigenvalue weighted by molar-refractivity contribution is 0.431. The molecule has 0 aromatic rings. The van der Waals surface area contributed by atoms with E-state index in [0.29, 0.717) is 6.04 Å². The van der Waals surface area contributed by atoms with E-state index in [1.165, 1.54) is 6.42 Å². The van der Waals surface area contributed by atoms with Gasteiger partial charge in [0.05, 0.1) is 0 Å². The molecule has 2 unspecified atom stereocenters. The first-order valence-electron chi connectivity index (χ1n) is 4.55. The number of hydrogen-bond acceptors (Lipinski definition) is 1. The molecule has 1 heteroatoms. The zero-order valence-corrected chi connectivity index (χ0v) is 8.06. The molecule has 1 N–H and O–H groups in total. The van der Waals surface area contributed by atoms with Crippen LogP contribution >= 0.6 is 0 Å². The predicted molar refractivity (Wildman–Crippen MR) is 51.7 cm³/mol. The molecule has 0 saturated heterocycles. The van der Waals surface area contributed by atoms with Crippen LogP contribution in [0.3, 0.4) is 0 Å². The molecule has 0 aliphatic carbocycles. The van der Waals surface area contributed by atoms with Crippen LogP contribution in [0.15, 0.2) is 12.7 Å². The average molecular weight is 155 g/mol. The monoisotopic (exact) mass is 155 g/mol. The summed E-state index contributed by atoms with van der Waals surface area (Å²) in [6, 6.07) is 0.648. The lowest BCUT2D eigenvalue weighted by atomic mass is 9.99. The van der Waals surface area contributed by atoms with Crippen molar-refractivity contribution >= 4 is 0 Å².